The molecule has 2 saturated heterocycles. The highest BCUT2D eigenvalue weighted by atomic mass is 16.5. The maximum Gasteiger partial charge on any atom is 0.413 e. The molecule has 3 aliphatic rings. The number of para-hydroxylation sites is 1. The maximum absolute atomic E-state index is 12.4. The Labute approximate surface area is 232 Å². The number of anilines is 1. The molecule has 3 aromatic rings. The number of carbonyl (C=O) groups is 1. The Balaban J connectivity index is 1.08. The maximum atomic E-state index is 12.4. The Bertz CT molecular complexity index is 1250. The minimum atomic E-state index is -0.287. The monoisotopic (exact) mass is 527 g/mol. The second-order valence-corrected chi connectivity index (χ2v) is 11.4. The predicted octanol–water partition coefficient (Wildman–Crippen LogP) is 5.58. The Morgan fingerprint density at radius 2 is 1.69 bits per heavy atom. The number of amides is 1. The number of fused-ring (bicyclic) bond motifs is 3. The van der Waals surface area contributed by atoms with Crippen LogP contribution in [0.25, 0.3) is 0 Å². The SMILES string of the molecule is COC(=O)N(CCCN1C2CCC1CC(n1c(C)nc3c1CCN(Cc1ccccc1)C3)C2)c1ccccc1. The molecular formula is C32H41N5O2. The second-order valence-electron chi connectivity index (χ2n) is 11.4. The molecule has 0 spiro atoms. The van der Waals surface area contributed by atoms with E-state index in [0.29, 0.717) is 24.7 Å². The van der Waals surface area contributed by atoms with Gasteiger partial charge in [0.05, 0.1) is 12.8 Å². The van der Waals surface area contributed by atoms with Crippen LogP contribution in [0.3, 0.4) is 0 Å². The molecule has 2 atom stereocenters. The van der Waals surface area contributed by atoms with Crippen LogP contribution in [0.4, 0.5) is 10.5 Å². The van der Waals surface area contributed by atoms with Gasteiger partial charge in [0.2, 0.25) is 0 Å². The molecule has 6 rings (SSSR count). The van der Waals surface area contributed by atoms with Crippen LogP contribution in [-0.2, 0) is 24.2 Å². The molecule has 1 aromatic heterocycles. The largest absolute Gasteiger partial charge is 0.452 e. The third kappa shape index (κ3) is 5.48. The molecule has 7 heteroatoms. The molecule has 2 unspecified atom stereocenters. The van der Waals surface area contributed by atoms with E-state index >= 15 is 0 Å². The molecule has 2 bridgehead atoms. The minimum Gasteiger partial charge on any atom is -0.452 e. The number of aromatic nitrogens is 2. The summed E-state index contributed by atoms with van der Waals surface area (Å²) in [4.78, 5) is 24.6. The number of methoxy groups -OCH3 is 1. The average Bonchev–Trinajstić information content (AvgIpc) is 3.41. The van der Waals surface area contributed by atoms with Gasteiger partial charge in [-0.3, -0.25) is 14.7 Å². The van der Waals surface area contributed by atoms with Crippen molar-refractivity contribution >= 4 is 11.8 Å². The second kappa shape index (κ2) is 11.5. The molecular weight excluding hydrogens is 486 g/mol. The fourth-order valence-electron chi connectivity index (χ4n) is 7.33. The number of hydrogen-bond acceptors (Lipinski definition) is 5. The third-order valence-electron chi connectivity index (χ3n) is 9.04. The first-order valence-corrected chi connectivity index (χ1v) is 14.6. The van der Waals surface area contributed by atoms with E-state index in [9.17, 15) is 4.79 Å². The van der Waals surface area contributed by atoms with Gasteiger partial charge < -0.3 is 9.30 Å². The van der Waals surface area contributed by atoms with Crippen molar-refractivity contribution in [2.24, 2.45) is 0 Å². The lowest BCUT2D eigenvalue weighted by molar-refractivity contribution is 0.103. The Kier molecular flexibility index (Phi) is 7.71. The molecule has 0 aliphatic carbocycles. The molecule has 39 heavy (non-hydrogen) atoms. The molecule has 7 nitrogen and oxygen atoms in total. The van der Waals surface area contributed by atoms with Crippen molar-refractivity contribution in [3.8, 4) is 0 Å². The highest BCUT2D eigenvalue weighted by Crippen LogP contribution is 2.42. The smallest absolute Gasteiger partial charge is 0.413 e. The number of aryl methyl sites for hydroxylation is 1. The fraction of sp³-hybridized carbons (Fsp3) is 0.500. The van der Waals surface area contributed by atoms with E-state index in [4.69, 9.17) is 9.72 Å². The third-order valence-corrected chi connectivity index (χ3v) is 9.04. The van der Waals surface area contributed by atoms with Crippen molar-refractivity contribution in [3.05, 3.63) is 83.4 Å². The van der Waals surface area contributed by atoms with E-state index in [1.54, 1.807) is 4.90 Å². The fourth-order valence-corrected chi connectivity index (χ4v) is 7.33. The number of carbonyl (C=O) groups excluding carboxylic acids is 1. The van der Waals surface area contributed by atoms with Crippen LogP contribution in [0.1, 0.15) is 60.9 Å². The van der Waals surface area contributed by atoms with Gasteiger partial charge in [0.1, 0.15) is 5.82 Å². The average molecular weight is 528 g/mol. The Hall–Kier alpha value is -3.16. The van der Waals surface area contributed by atoms with Crippen molar-refractivity contribution in [1.82, 2.24) is 19.4 Å². The van der Waals surface area contributed by atoms with Crippen LogP contribution < -0.4 is 4.90 Å². The number of rotatable bonds is 8. The van der Waals surface area contributed by atoms with Gasteiger partial charge in [-0.1, -0.05) is 48.5 Å². The topological polar surface area (TPSA) is 53.8 Å². The number of benzene rings is 2. The van der Waals surface area contributed by atoms with Crippen LogP contribution in [0.5, 0.6) is 0 Å². The van der Waals surface area contributed by atoms with Crippen LogP contribution in [-0.4, -0.2) is 64.3 Å². The molecule has 2 fully saturated rings. The number of imidazole rings is 1. The first-order valence-electron chi connectivity index (χ1n) is 14.6. The van der Waals surface area contributed by atoms with E-state index in [-0.39, 0.29) is 6.09 Å². The first-order chi connectivity index (χ1) is 19.1. The van der Waals surface area contributed by atoms with Gasteiger partial charge in [-0.15, -0.1) is 0 Å². The van der Waals surface area contributed by atoms with E-state index in [0.717, 1.165) is 44.7 Å². The number of piperidine rings is 1. The summed E-state index contributed by atoms with van der Waals surface area (Å²) in [5.74, 6) is 1.19. The zero-order valence-electron chi connectivity index (χ0n) is 23.3. The minimum absolute atomic E-state index is 0.287. The molecule has 1 amide bonds. The summed E-state index contributed by atoms with van der Waals surface area (Å²) in [5.41, 5.74) is 5.03. The quantitative estimate of drug-likeness (QED) is 0.383. The highest BCUT2D eigenvalue weighted by Gasteiger charge is 2.42. The van der Waals surface area contributed by atoms with Gasteiger partial charge in [0, 0.05) is 68.7 Å². The summed E-state index contributed by atoms with van der Waals surface area (Å²) in [6.45, 7) is 6.94. The lowest BCUT2D eigenvalue weighted by Crippen LogP contribution is -2.45. The van der Waals surface area contributed by atoms with Crippen molar-refractivity contribution < 1.29 is 9.53 Å². The van der Waals surface area contributed by atoms with E-state index < -0.39 is 0 Å². The predicted molar refractivity (Wildman–Crippen MR) is 154 cm³/mol. The Morgan fingerprint density at radius 3 is 2.38 bits per heavy atom. The van der Waals surface area contributed by atoms with E-state index in [1.165, 1.54) is 55.6 Å². The molecule has 0 saturated carbocycles. The highest BCUT2D eigenvalue weighted by molar-refractivity contribution is 5.87. The van der Waals surface area contributed by atoms with Crippen molar-refractivity contribution in [2.75, 3.05) is 31.6 Å². The van der Waals surface area contributed by atoms with Gasteiger partial charge in [-0.2, -0.15) is 0 Å². The van der Waals surface area contributed by atoms with Crippen molar-refractivity contribution in [1.29, 1.82) is 0 Å². The summed E-state index contributed by atoms with van der Waals surface area (Å²) in [5, 5.41) is 0. The van der Waals surface area contributed by atoms with Gasteiger partial charge in [0.15, 0.2) is 0 Å². The summed E-state index contributed by atoms with van der Waals surface area (Å²) < 4.78 is 7.69. The van der Waals surface area contributed by atoms with E-state index in [2.05, 4.69) is 51.6 Å². The molecule has 0 radical (unpaired) electrons. The van der Waals surface area contributed by atoms with Gasteiger partial charge in [0.25, 0.3) is 0 Å². The summed E-state index contributed by atoms with van der Waals surface area (Å²) >= 11 is 0. The summed E-state index contributed by atoms with van der Waals surface area (Å²) in [7, 11) is 1.46. The van der Waals surface area contributed by atoms with Crippen LogP contribution in [0.15, 0.2) is 60.7 Å². The molecule has 3 aliphatic heterocycles. The van der Waals surface area contributed by atoms with Crippen molar-refractivity contribution in [3.63, 3.8) is 0 Å². The van der Waals surface area contributed by atoms with E-state index in [1.807, 2.05) is 30.3 Å². The van der Waals surface area contributed by atoms with Gasteiger partial charge in [-0.05, 0) is 56.7 Å². The van der Waals surface area contributed by atoms with Crippen molar-refractivity contribution in [2.45, 2.75) is 76.7 Å². The molecule has 206 valence electrons. The molecule has 0 N–H and O–H groups in total. The lowest BCUT2D eigenvalue weighted by Gasteiger charge is -2.41. The number of hydrogen-bond donors (Lipinski definition) is 0. The number of ether oxygens (including phenoxy) is 1. The first kappa shape index (κ1) is 26.1. The summed E-state index contributed by atoms with van der Waals surface area (Å²) in [6, 6.07) is 22.4. The zero-order chi connectivity index (χ0) is 26.8. The zero-order valence-corrected chi connectivity index (χ0v) is 23.3. The van der Waals surface area contributed by atoms with Crippen LogP contribution in [0.2, 0.25) is 0 Å². The Morgan fingerprint density at radius 1 is 1.00 bits per heavy atom. The van der Waals surface area contributed by atoms with Crippen LogP contribution in [0, 0.1) is 6.92 Å². The lowest BCUT2D eigenvalue weighted by atomic mass is 9.95. The standard InChI is InChI=1S/C32H41N5O2/c1-24-33-30-23-34(22-25-10-5-3-6-11-25)19-16-31(30)37(24)29-20-27-14-15-28(21-29)35(27)17-9-18-36(32(38)39-2)26-12-7-4-8-13-26/h3-8,10-13,27-29H,9,14-23H2,1-2H3. The number of nitrogens with zero attached hydrogens (tertiary/aromatic N) is 5. The molecule has 2 aromatic carbocycles. The normalized spacial score (nSPS) is 23.0. The van der Waals surface area contributed by atoms with Gasteiger partial charge in [-0.25, -0.2) is 9.78 Å². The van der Waals surface area contributed by atoms with Gasteiger partial charge >= 0.3 is 6.09 Å². The van der Waals surface area contributed by atoms with Crippen LogP contribution >= 0.6 is 0 Å². The summed E-state index contributed by atoms with van der Waals surface area (Å²) in [6.07, 6.45) is 6.70. The molecule has 4 heterocycles.